The van der Waals surface area contributed by atoms with Gasteiger partial charge in [0.2, 0.25) is 5.91 Å². The van der Waals surface area contributed by atoms with Crippen LogP contribution in [0.4, 0.5) is 8.78 Å². The molecule has 0 spiro atoms. The van der Waals surface area contributed by atoms with E-state index in [0.29, 0.717) is 26.3 Å². The highest BCUT2D eigenvalue weighted by Crippen LogP contribution is 2.16. The zero-order valence-corrected chi connectivity index (χ0v) is 15.8. The van der Waals surface area contributed by atoms with Crippen LogP contribution in [0.1, 0.15) is 12.0 Å². The van der Waals surface area contributed by atoms with Crippen LogP contribution in [0.2, 0.25) is 0 Å². The number of piperazine rings is 1. The Hall–Kier alpha value is -1.62. The molecule has 150 valence electrons. The number of hydrogen-bond acceptors (Lipinski definition) is 4. The average molecular weight is 403 g/mol. The monoisotopic (exact) mass is 403 g/mol. The van der Waals surface area contributed by atoms with Crippen molar-refractivity contribution >= 4 is 16.1 Å². The molecule has 10 heteroatoms. The third-order valence-corrected chi connectivity index (χ3v) is 6.87. The van der Waals surface area contributed by atoms with E-state index in [4.69, 9.17) is 4.74 Å². The number of amides is 1. The van der Waals surface area contributed by atoms with Gasteiger partial charge < -0.3 is 9.64 Å². The van der Waals surface area contributed by atoms with Crippen LogP contribution in [0, 0.1) is 11.6 Å². The van der Waals surface area contributed by atoms with Gasteiger partial charge in [0.25, 0.3) is 10.2 Å². The fourth-order valence-electron chi connectivity index (χ4n) is 3.24. The predicted octanol–water partition coefficient (Wildman–Crippen LogP) is 0.619. The van der Waals surface area contributed by atoms with Crippen LogP contribution in [-0.2, 0) is 26.2 Å². The second kappa shape index (κ2) is 8.59. The molecule has 0 saturated carbocycles. The second-order valence-electron chi connectivity index (χ2n) is 6.53. The van der Waals surface area contributed by atoms with Gasteiger partial charge in [0, 0.05) is 45.7 Å². The average Bonchev–Trinajstić information content (AvgIpc) is 2.69. The lowest BCUT2D eigenvalue weighted by Crippen LogP contribution is -2.55. The summed E-state index contributed by atoms with van der Waals surface area (Å²) in [4.78, 5) is 13.9. The number of halogens is 2. The van der Waals surface area contributed by atoms with E-state index in [1.165, 1.54) is 8.61 Å². The van der Waals surface area contributed by atoms with E-state index in [0.717, 1.165) is 18.2 Å². The minimum Gasteiger partial charge on any atom is -0.379 e. The van der Waals surface area contributed by atoms with Crippen molar-refractivity contribution in [1.29, 1.82) is 0 Å². The highest BCUT2D eigenvalue weighted by atomic mass is 32.2. The predicted molar refractivity (Wildman–Crippen MR) is 94.1 cm³/mol. The van der Waals surface area contributed by atoms with Gasteiger partial charge in [-0.15, -0.1) is 0 Å². The SMILES string of the molecule is O=C(CCc1cc(F)ccc1F)N1CCN(S(=O)(=O)N2CCOCC2)CC1. The highest BCUT2D eigenvalue weighted by Gasteiger charge is 2.34. The number of rotatable bonds is 5. The molecule has 2 aliphatic rings. The number of nitrogens with zero attached hydrogens (tertiary/aromatic N) is 3. The first-order valence-electron chi connectivity index (χ1n) is 8.92. The highest BCUT2D eigenvalue weighted by molar-refractivity contribution is 7.86. The fraction of sp³-hybridized carbons (Fsp3) is 0.588. The molecule has 0 unspecified atom stereocenters. The molecule has 2 aliphatic heterocycles. The molecule has 2 saturated heterocycles. The molecule has 7 nitrogen and oxygen atoms in total. The van der Waals surface area contributed by atoms with Crippen LogP contribution >= 0.6 is 0 Å². The van der Waals surface area contributed by atoms with Gasteiger partial charge in [-0.25, -0.2) is 8.78 Å². The lowest BCUT2D eigenvalue weighted by Gasteiger charge is -2.37. The summed E-state index contributed by atoms with van der Waals surface area (Å²) in [6.07, 6.45) is 0.158. The van der Waals surface area contributed by atoms with Crippen molar-refractivity contribution in [2.45, 2.75) is 12.8 Å². The van der Waals surface area contributed by atoms with Crippen LogP contribution in [0.25, 0.3) is 0 Å². The van der Waals surface area contributed by atoms with E-state index < -0.39 is 21.8 Å². The van der Waals surface area contributed by atoms with Crippen molar-refractivity contribution in [2.75, 3.05) is 52.5 Å². The normalized spacial score (nSPS) is 20.0. The largest absolute Gasteiger partial charge is 0.379 e. The summed E-state index contributed by atoms with van der Waals surface area (Å²) in [6, 6.07) is 3.18. The summed E-state index contributed by atoms with van der Waals surface area (Å²) in [7, 11) is -3.54. The molecule has 0 bridgehead atoms. The first-order chi connectivity index (χ1) is 12.9. The lowest BCUT2D eigenvalue weighted by molar-refractivity contribution is -0.132. The Kier molecular flexibility index (Phi) is 6.40. The third kappa shape index (κ3) is 4.81. The molecule has 0 N–H and O–H groups in total. The molecule has 0 aromatic heterocycles. The van der Waals surface area contributed by atoms with Crippen molar-refractivity contribution in [1.82, 2.24) is 13.5 Å². The summed E-state index contributed by atoms with van der Waals surface area (Å²) >= 11 is 0. The Bertz CT molecular complexity index is 776. The maximum absolute atomic E-state index is 13.6. The molecule has 3 rings (SSSR count). The molecular weight excluding hydrogens is 380 g/mol. The van der Waals surface area contributed by atoms with E-state index in [9.17, 15) is 22.0 Å². The van der Waals surface area contributed by atoms with Crippen molar-refractivity contribution in [3.63, 3.8) is 0 Å². The minimum atomic E-state index is -3.54. The van der Waals surface area contributed by atoms with Crippen molar-refractivity contribution < 1.29 is 26.7 Å². The van der Waals surface area contributed by atoms with Crippen LogP contribution in [-0.4, -0.2) is 80.3 Å². The van der Waals surface area contributed by atoms with E-state index in [1.807, 2.05) is 0 Å². The molecule has 2 fully saturated rings. The number of carbonyl (C=O) groups is 1. The summed E-state index contributed by atoms with van der Waals surface area (Å²) in [5, 5.41) is 0. The number of hydrogen-bond donors (Lipinski definition) is 0. The van der Waals surface area contributed by atoms with Gasteiger partial charge in [0.1, 0.15) is 11.6 Å². The molecule has 0 radical (unpaired) electrons. The topological polar surface area (TPSA) is 70.2 Å². The fourth-order valence-corrected chi connectivity index (χ4v) is 4.81. The maximum atomic E-state index is 13.6. The van der Waals surface area contributed by atoms with Crippen LogP contribution < -0.4 is 0 Å². The van der Waals surface area contributed by atoms with E-state index in [2.05, 4.69) is 0 Å². The number of benzene rings is 1. The Balaban J connectivity index is 1.51. The maximum Gasteiger partial charge on any atom is 0.282 e. The summed E-state index contributed by atoms with van der Waals surface area (Å²) in [5.74, 6) is -1.27. The van der Waals surface area contributed by atoms with Crippen LogP contribution in [0.3, 0.4) is 0 Å². The Morgan fingerprint density at radius 1 is 1.00 bits per heavy atom. The number of carbonyl (C=O) groups excluding carboxylic acids is 1. The zero-order valence-electron chi connectivity index (χ0n) is 14.9. The van der Waals surface area contributed by atoms with Crippen LogP contribution in [0.15, 0.2) is 18.2 Å². The third-order valence-electron chi connectivity index (χ3n) is 4.83. The zero-order chi connectivity index (χ0) is 19.4. The van der Waals surface area contributed by atoms with Crippen molar-refractivity contribution in [3.05, 3.63) is 35.4 Å². The van der Waals surface area contributed by atoms with E-state index >= 15 is 0 Å². The van der Waals surface area contributed by atoms with Crippen molar-refractivity contribution in [3.8, 4) is 0 Å². The number of ether oxygens (including phenoxy) is 1. The second-order valence-corrected chi connectivity index (χ2v) is 8.46. The first-order valence-corrected chi connectivity index (χ1v) is 10.3. The Morgan fingerprint density at radius 2 is 1.63 bits per heavy atom. The summed E-state index contributed by atoms with van der Waals surface area (Å²) < 4.78 is 60.0. The molecule has 1 aromatic rings. The summed E-state index contributed by atoms with van der Waals surface area (Å²) in [5.41, 5.74) is 0.164. The smallest absolute Gasteiger partial charge is 0.282 e. The van der Waals surface area contributed by atoms with Crippen LogP contribution in [0.5, 0.6) is 0 Å². The molecule has 1 aromatic carbocycles. The number of aryl methyl sites for hydroxylation is 1. The van der Waals surface area contributed by atoms with Gasteiger partial charge in [-0.05, 0) is 30.2 Å². The molecular formula is C17H23F2N3O4S. The molecule has 2 heterocycles. The quantitative estimate of drug-likeness (QED) is 0.723. The molecule has 1 amide bonds. The summed E-state index contributed by atoms with van der Waals surface area (Å²) in [6.45, 7) is 2.45. The van der Waals surface area contributed by atoms with E-state index in [1.54, 1.807) is 4.90 Å². The van der Waals surface area contributed by atoms with Crippen molar-refractivity contribution in [2.24, 2.45) is 0 Å². The van der Waals surface area contributed by atoms with Gasteiger partial charge in [-0.1, -0.05) is 0 Å². The lowest BCUT2D eigenvalue weighted by atomic mass is 10.1. The Labute approximate surface area is 157 Å². The van der Waals surface area contributed by atoms with Gasteiger partial charge in [-0.2, -0.15) is 17.0 Å². The van der Waals surface area contributed by atoms with E-state index in [-0.39, 0.29) is 50.5 Å². The van der Waals surface area contributed by atoms with Gasteiger partial charge >= 0.3 is 0 Å². The molecule has 0 aliphatic carbocycles. The molecule has 27 heavy (non-hydrogen) atoms. The minimum absolute atomic E-state index is 0.0522. The standard InChI is InChI=1S/C17H23F2N3O4S/c18-15-2-3-16(19)14(13-15)1-4-17(23)20-5-7-21(8-6-20)27(24,25)22-9-11-26-12-10-22/h2-3,13H,1,4-12H2. The first kappa shape index (κ1) is 20.1. The van der Waals surface area contributed by atoms with Gasteiger partial charge in [0.15, 0.2) is 0 Å². The Morgan fingerprint density at radius 3 is 2.30 bits per heavy atom. The molecule has 0 atom stereocenters. The number of morpholine rings is 1. The van der Waals surface area contributed by atoms with Gasteiger partial charge in [0.05, 0.1) is 13.2 Å². The van der Waals surface area contributed by atoms with Gasteiger partial charge in [-0.3, -0.25) is 4.79 Å².